The molecule has 0 spiro atoms. The Labute approximate surface area is 204 Å². The van der Waals surface area contributed by atoms with Crippen LogP contribution in [0.25, 0.3) is 11.3 Å². The van der Waals surface area contributed by atoms with E-state index >= 15 is 0 Å². The minimum absolute atomic E-state index is 0.145. The molecule has 1 fully saturated rings. The first kappa shape index (κ1) is 22.8. The zero-order valence-electron chi connectivity index (χ0n) is 18.9. The van der Waals surface area contributed by atoms with Crippen molar-refractivity contribution >= 4 is 21.5 Å². The smallest absolute Gasteiger partial charge is 0.261 e. The minimum Gasteiger partial charge on any atom is -0.457 e. The number of benzene rings is 3. The maximum absolute atomic E-state index is 12.8. The number of hydrogen-bond donors (Lipinski definition) is 1. The van der Waals surface area contributed by atoms with Crippen molar-refractivity contribution in [2.45, 2.75) is 4.90 Å². The lowest BCUT2D eigenvalue weighted by atomic mass is 10.1. The van der Waals surface area contributed by atoms with Gasteiger partial charge in [-0.15, -0.1) is 10.2 Å². The molecule has 178 valence electrons. The molecule has 0 bridgehead atoms. The third-order valence-electron chi connectivity index (χ3n) is 5.53. The van der Waals surface area contributed by atoms with Crippen LogP contribution < -0.4 is 14.4 Å². The summed E-state index contributed by atoms with van der Waals surface area (Å²) < 4.78 is 39.4. The summed E-state index contributed by atoms with van der Waals surface area (Å²) in [5.41, 5.74) is 2.01. The van der Waals surface area contributed by atoms with Crippen LogP contribution in [0.15, 0.2) is 95.9 Å². The van der Waals surface area contributed by atoms with Gasteiger partial charge in [0.1, 0.15) is 11.5 Å². The Balaban J connectivity index is 1.24. The molecule has 9 heteroatoms. The van der Waals surface area contributed by atoms with Crippen LogP contribution in [-0.4, -0.2) is 44.9 Å². The number of anilines is 2. The van der Waals surface area contributed by atoms with Crippen LogP contribution in [0.5, 0.6) is 11.5 Å². The highest BCUT2D eigenvalue weighted by Gasteiger charge is 2.15. The Kier molecular flexibility index (Phi) is 6.60. The van der Waals surface area contributed by atoms with Crippen molar-refractivity contribution in [1.82, 2.24) is 10.2 Å². The van der Waals surface area contributed by atoms with E-state index in [0.29, 0.717) is 36.1 Å². The first-order chi connectivity index (χ1) is 17.1. The zero-order valence-corrected chi connectivity index (χ0v) is 19.7. The van der Waals surface area contributed by atoms with Crippen LogP contribution in [0.1, 0.15) is 0 Å². The number of rotatable bonds is 7. The number of nitrogens with zero attached hydrogens (tertiary/aromatic N) is 3. The molecule has 1 aliphatic heterocycles. The molecule has 8 nitrogen and oxygen atoms in total. The molecule has 5 rings (SSSR count). The Morgan fingerprint density at radius 1 is 0.771 bits per heavy atom. The predicted octanol–water partition coefficient (Wildman–Crippen LogP) is 4.57. The van der Waals surface area contributed by atoms with Crippen LogP contribution in [0, 0.1) is 0 Å². The summed E-state index contributed by atoms with van der Waals surface area (Å²) in [6.45, 7) is 2.97. The Hall–Kier alpha value is -3.95. The van der Waals surface area contributed by atoms with Crippen molar-refractivity contribution in [3.8, 4) is 22.8 Å². The molecule has 1 saturated heterocycles. The van der Waals surface area contributed by atoms with Gasteiger partial charge in [-0.2, -0.15) is 0 Å². The molecule has 35 heavy (non-hydrogen) atoms. The zero-order chi connectivity index (χ0) is 24.1. The van der Waals surface area contributed by atoms with Gasteiger partial charge in [0.25, 0.3) is 10.0 Å². The summed E-state index contributed by atoms with van der Waals surface area (Å²) in [7, 11) is -3.75. The number of hydrogen-bond acceptors (Lipinski definition) is 7. The van der Waals surface area contributed by atoms with Gasteiger partial charge < -0.3 is 14.4 Å². The maximum atomic E-state index is 12.8. The second kappa shape index (κ2) is 10.1. The first-order valence-corrected chi connectivity index (χ1v) is 12.7. The van der Waals surface area contributed by atoms with Gasteiger partial charge in [0.2, 0.25) is 0 Å². The maximum Gasteiger partial charge on any atom is 0.261 e. The monoisotopic (exact) mass is 488 g/mol. The number of aromatic nitrogens is 2. The quantitative estimate of drug-likeness (QED) is 0.407. The van der Waals surface area contributed by atoms with Gasteiger partial charge in [-0.1, -0.05) is 30.3 Å². The van der Waals surface area contributed by atoms with Crippen LogP contribution in [0.4, 0.5) is 11.5 Å². The first-order valence-electron chi connectivity index (χ1n) is 11.2. The van der Waals surface area contributed by atoms with Gasteiger partial charge in [0.05, 0.1) is 23.8 Å². The molecule has 1 N–H and O–H groups in total. The van der Waals surface area contributed by atoms with Gasteiger partial charge in [-0.05, 0) is 60.7 Å². The SMILES string of the molecule is O=S(=O)(Nc1ccc(-c2ccc(N3CCOCC3)nn2)cc1)c1ccc(Oc2ccccc2)cc1. The molecule has 3 aromatic carbocycles. The summed E-state index contributed by atoms with van der Waals surface area (Å²) >= 11 is 0. The van der Waals surface area contributed by atoms with E-state index in [1.165, 1.54) is 12.1 Å². The van der Waals surface area contributed by atoms with E-state index in [0.717, 1.165) is 24.5 Å². The average Bonchev–Trinajstić information content (AvgIpc) is 2.90. The van der Waals surface area contributed by atoms with Crippen LogP contribution in [0.3, 0.4) is 0 Å². The molecule has 0 saturated carbocycles. The van der Waals surface area contributed by atoms with Crippen LogP contribution in [-0.2, 0) is 14.8 Å². The van der Waals surface area contributed by atoms with Crippen molar-refractivity contribution in [3.05, 3.63) is 91.0 Å². The summed E-state index contributed by atoms with van der Waals surface area (Å²) in [6, 6.07) is 26.5. The van der Waals surface area contributed by atoms with Gasteiger partial charge in [-0.3, -0.25) is 4.72 Å². The third kappa shape index (κ3) is 5.59. The largest absolute Gasteiger partial charge is 0.457 e. The second-order valence-electron chi connectivity index (χ2n) is 7.95. The van der Waals surface area contributed by atoms with Gasteiger partial charge in [0, 0.05) is 24.3 Å². The molecule has 0 unspecified atom stereocenters. The van der Waals surface area contributed by atoms with Crippen molar-refractivity contribution in [2.24, 2.45) is 0 Å². The number of ether oxygens (including phenoxy) is 2. The summed E-state index contributed by atoms with van der Waals surface area (Å²) in [5.74, 6) is 2.06. The summed E-state index contributed by atoms with van der Waals surface area (Å²) in [6.07, 6.45) is 0. The predicted molar refractivity (Wildman–Crippen MR) is 134 cm³/mol. The highest BCUT2D eigenvalue weighted by Crippen LogP contribution is 2.25. The van der Waals surface area contributed by atoms with Gasteiger partial charge in [0.15, 0.2) is 5.82 Å². The standard InChI is InChI=1S/C26H24N4O4S/c31-35(32,24-12-10-23(11-13-24)34-22-4-2-1-3-5-22)29-21-8-6-20(7-9-21)25-14-15-26(28-27-25)30-16-18-33-19-17-30/h1-15,29H,16-19H2. The molecule has 2 heterocycles. The minimum atomic E-state index is -3.75. The van der Waals surface area contributed by atoms with Crippen molar-refractivity contribution in [3.63, 3.8) is 0 Å². The highest BCUT2D eigenvalue weighted by atomic mass is 32.2. The molecular weight excluding hydrogens is 464 g/mol. The van der Waals surface area contributed by atoms with E-state index in [2.05, 4.69) is 19.8 Å². The van der Waals surface area contributed by atoms with Crippen molar-refractivity contribution in [2.75, 3.05) is 35.9 Å². The number of para-hydroxylation sites is 1. The van der Waals surface area contributed by atoms with Crippen molar-refractivity contribution in [1.29, 1.82) is 0 Å². The Bertz CT molecular complexity index is 1360. The molecule has 0 atom stereocenters. The number of morpholine rings is 1. The lowest BCUT2D eigenvalue weighted by Gasteiger charge is -2.27. The van der Waals surface area contributed by atoms with Crippen molar-refractivity contribution < 1.29 is 17.9 Å². The third-order valence-corrected chi connectivity index (χ3v) is 6.93. The molecule has 0 amide bonds. The Morgan fingerprint density at radius 3 is 2.11 bits per heavy atom. The fourth-order valence-corrected chi connectivity index (χ4v) is 4.73. The lowest BCUT2D eigenvalue weighted by Crippen LogP contribution is -2.36. The van der Waals surface area contributed by atoms with E-state index in [1.807, 2.05) is 54.6 Å². The number of sulfonamides is 1. The average molecular weight is 489 g/mol. The van der Waals surface area contributed by atoms with Gasteiger partial charge >= 0.3 is 0 Å². The van der Waals surface area contributed by atoms with E-state index in [4.69, 9.17) is 9.47 Å². The molecule has 0 aliphatic carbocycles. The number of nitrogens with one attached hydrogen (secondary N) is 1. The Morgan fingerprint density at radius 2 is 1.46 bits per heavy atom. The van der Waals surface area contributed by atoms with E-state index < -0.39 is 10.0 Å². The van der Waals surface area contributed by atoms with E-state index in [1.54, 1.807) is 24.3 Å². The topological polar surface area (TPSA) is 93.7 Å². The fraction of sp³-hybridized carbons (Fsp3) is 0.154. The molecular formula is C26H24N4O4S. The van der Waals surface area contributed by atoms with E-state index in [9.17, 15) is 8.42 Å². The lowest BCUT2D eigenvalue weighted by molar-refractivity contribution is 0.122. The second-order valence-corrected chi connectivity index (χ2v) is 9.63. The fourth-order valence-electron chi connectivity index (χ4n) is 3.67. The van der Waals surface area contributed by atoms with Gasteiger partial charge in [-0.25, -0.2) is 8.42 Å². The molecule has 1 aliphatic rings. The van der Waals surface area contributed by atoms with Crippen LogP contribution >= 0.6 is 0 Å². The normalized spacial score (nSPS) is 13.9. The summed E-state index contributed by atoms with van der Waals surface area (Å²) in [5, 5.41) is 8.66. The molecule has 1 aromatic heterocycles. The molecule has 0 radical (unpaired) electrons. The molecule has 4 aromatic rings. The van der Waals surface area contributed by atoms with Crippen LogP contribution in [0.2, 0.25) is 0 Å². The summed E-state index contributed by atoms with van der Waals surface area (Å²) in [4.78, 5) is 2.28. The highest BCUT2D eigenvalue weighted by molar-refractivity contribution is 7.92. The van der Waals surface area contributed by atoms with E-state index in [-0.39, 0.29) is 4.90 Å².